The van der Waals surface area contributed by atoms with Crippen LogP contribution in [0.2, 0.25) is 0 Å². The van der Waals surface area contributed by atoms with Crippen LogP contribution in [0, 0.1) is 6.92 Å². The summed E-state index contributed by atoms with van der Waals surface area (Å²) in [5.41, 5.74) is 2.21. The maximum absolute atomic E-state index is 13.6. The maximum atomic E-state index is 13.6. The molecule has 0 saturated heterocycles. The van der Waals surface area contributed by atoms with Gasteiger partial charge in [0.15, 0.2) is 5.43 Å². The quantitative estimate of drug-likeness (QED) is 0.478. The number of carbonyl (C=O) groups excluding carboxylic acids is 1. The highest BCUT2D eigenvalue weighted by molar-refractivity contribution is 7.15. The molecule has 7 nitrogen and oxygen atoms in total. The second-order valence-electron chi connectivity index (χ2n) is 7.36. The topological polar surface area (TPSA) is 85.5 Å². The summed E-state index contributed by atoms with van der Waals surface area (Å²) in [5, 5.41) is 10.1. The number of carbonyl (C=O) groups is 1. The number of benzene rings is 2. The number of nitrogens with zero attached hydrogens (tertiary/aromatic N) is 3. The van der Waals surface area contributed by atoms with Crippen LogP contribution in [0.5, 0.6) is 5.75 Å². The van der Waals surface area contributed by atoms with Gasteiger partial charge in [-0.1, -0.05) is 42.0 Å². The highest BCUT2D eigenvalue weighted by Crippen LogP contribution is 2.42. The van der Waals surface area contributed by atoms with Crippen LogP contribution >= 0.6 is 11.3 Å². The Morgan fingerprint density at radius 3 is 2.58 bits per heavy atom. The summed E-state index contributed by atoms with van der Waals surface area (Å²) in [7, 11) is 1.59. The lowest BCUT2D eigenvalue weighted by atomic mass is 9.98. The zero-order chi connectivity index (χ0) is 21.7. The number of aromatic nitrogens is 2. The molecule has 1 atom stereocenters. The molecule has 0 saturated carbocycles. The van der Waals surface area contributed by atoms with Crippen LogP contribution in [0.4, 0.5) is 5.13 Å². The van der Waals surface area contributed by atoms with Gasteiger partial charge in [0.05, 0.1) is 24.1 Å². The molecule has 3 heterocycles. The number of rotatable bonds is 4. The Bertz CT molecular complexity index is 1370. The molecule has 0 fully saturated rings. The summed E-state index contributed by atoms with van der Waals surface area (Å²) in [6, 6.07) is 12.0. The Labute approximate surface area is 181 Å². The van der Waals surface area contributed by atoms with Gasteiger partial charge in [-0.05, 0) is 43.2 Å². The largest absolute Gasteiger partial charge is 0.497 e. The van der Waals surface area contributed by atoms with Gasteiger partial charge in [0, 0.05) is 0 Å². The molecule has 8 heteroatoms. The van der Waals surface area contributed by atoms with Crippen molar-refractivity contribution in [3.8, 4) is 5.75 Å². The molecule has 0 N–H and O–H groups in total. The summed E-state index contributed by atoms with van der Waals surface area (Å²) in [4.78, 5) is 28.6. The molecule has 2 aromatic carbocycles. The molecule has 2 aromatic heterocycles. The minimum atomic E-state index is -0.660. The Morgan fingerprint density at radius 2 is 1.90 bits per heavy atom. The van der Waals surface area contributed by atoms with Crippen molar-refractivity contribution in [2.24, 2.45) is 0 Å². The Kier molecular flexibility index (Phi) is 4.59. The van der Waals surface area contributed by atoms with Gasteiger partial charge >= 0.3 is 0 Å². The molecule has 0 spiro atoms. The van der Waals surface area contributed by atoms with Gasteiger partial charge in [0.2, 0.25) is 10.9 Å². The predicted molar refractivity (Wildman–Crippen MR) is 118 cm³/mol. The zero-order valence-corrected chi connectivity index (χ0v) is 18.0. The van der Waals surface area contributed by atoms with Crippen molar-refractivity contribution in [1.82, 2.24) is 10.2 Å². The first-order valence-corrected chi connectivity index (χ1v) is 10.7. The molecule has 0 radical (unpaired) electrons. The van der Waals surface area contributed by atoms with Crippen LogP contribution in [0.15, 0.2) is 51.7 Å². The third-order valence-corrected chi connectivity index (χ3v) is 6.49. The van der Waals surface area contributed by atoms with Crippen LogP contribution in [-0.2, 0) is 6.42 Å². The van der Waals surface area contributed by atoms with Crippen LogP contribution in [0.3, 0.4) is 0 Å². The van der Waals surface area contributed by atoms with Crippen molar-refractivity contribution >= 4 is 33.3 Å². The SMILES string of the molecule is CCc1nnc(N2C(=O)c3oc4ccc(C)cc4c(=O)c3[C@H]2c2ccc(OC)cc2)s1. The third-order valence-electron chi connectivity index (χ3n) is 5.42. The van der Waals surface area contributed by atoms with E-state index in [0.29, 0.717) is 33.8 Å². The second-order valence-corrected chi connectivity index (χ2v) is 8.40. The molecule has 31 heavy (non-hydrogen) atoms. The summed E-state index contributed by atoms with van der Waals surface area (Å²) in [6.45, 7) is 3.89. The first-order chi connectivity index (χ1) is 15.0. The summed E-state index contributed by atoms with van der Waals surface area (Å²) >= 11 is 1.34. The normalized spacial score (nSPS) is 15.5. The van der Waals surface area contributed by atoms with Gasteiger partial charge in [0.25, 0.3) is 5.91 Å². The number of hydrogen-bond donors (Lipinski definition) is 0. The first kappa shape index (κ1) is 19.4. The number of ether oxygens (including phenoxy) is 1. The number of methoxy groups -OCH3 is 1. The van der Waals surface area contributed by atoms with Crippen molar-refractivity contribution in [1.29, 1.82) is 0 Å². The average molecular weight is 433 g/mol. The first-order valence-electron chi connectivity index (χ1n) is 9.89. The van der Waals surface area contributed by atoms with Crippen LogP contribution in [-0.4, -0.2) is 23.2 Å². The van der Waals surface area contributed by atoms with E-state index in [-0.39, 0.29) is 11.2 Å². The molecule has 1 aliphatic rings. The summed E-state index contributed by atoms with van der Waals surface area (Å²) in [6.07, 6.45) is 0.709. The number of hydrogen-bond acceptors (Lipinski definition) is 7. The Hall–Kier alpha value is -3.52. The van der Waals surface area contributed by atoms with Crippen molar-refractivity contribution in [2.45, 2.75) is 26.3 Å². The molecule has 1 amide bonds. The lowest BCUT2D eigenvalue weighted by Gasteiger charge is -2.22. The highest BCUT2D eigenvalue weighted by Gasteiger charge is 2.45. The molecule has 0 unspecified atom stereocenters. The number of amides is 1. The van der Waals surface area contributed by atoms with E-state index in [9.17, 15) is 9.59 Å². The van der Waals surface area contributed by atoms with E-state index in [4.69, 9.17) is 9.15 Å². The summed E-state index contributed by atoms with van der Waals surface area (Å²) < 4.78 is 11.2. The Balaban J connectivity index is 1.78. The third kappa shape index (κ3) is 3.02. The Morgan fingerprint density at radius 1 is 1.13 bits per heavy atom. The highest BCUT2D eigenvalue weighted by atomic mass is 32.1. The monoisotopic (exact) mass is 433 g/mol. The number of fused-ring (bicyclic) bond motifs is 2. The van der Waals surface area contributed by atoms with Gasteiger partial charge in [-0.15, -0.1) is 10.2 Å². The molecule has 5 rings (SSSR count). The predicted octanol–water partition coefficient (Wildman–Crippen LogP) is 4.27. The van der Waals surface area contributed by atoms with E-state index in [0.717, 1.165) is 16.1 Å². The fraction of sp³-hybridized carbons (Fsp3) is 0.217. The molecule has 1 aliphatic heterocycles. The van der Waals surface area contributed by atoms with Crippen molar-refractivity contribution in [2.75, 3.05) is 12.0 Å². The smallest absolute Gasteiger partial charge is 0.297 e. The van der Waals surface area contributed by atoms with Gasteiger partial charge in [-0.3, -0.25) is 14.5 Å². The van der Waals surface area contributed by atoms with E-state index in [1.807, 2.05) is 32.0 Å². The van der Waals surface area contributed by atoms with Crippen LogP contribution in [0.25, 0.3) is 11.0 Å². The molecule has 0 aliphatic carbocycles. The molecular weight excluding hydrogens is 414 g/mol. The number of anilines is 1. The minimum Gasteiger partial charge on any atom is -0.497 e. The fourth-order valence-corrected chi connectivity index (χ4v) is 4.68. The minimum absolute atomic E-state index is 0.0513. The fourth-order valence-electron chi connectivity index (χ4n) is 3.87. The van der Waals surface area contributed by atoms with E-state index >= 15 is 0 Å². The lowest BCUT2D eigenvalue weighted by molar-refractivity contribution is 0.0970. The molecule has 156 valence electrons. The average Bonchev–Trinajstić information content (AvgIpc) is 3.37. The second kappa shape index (κ2) is 7.31. The van der Waals surface area contributed by atoms with Crippen LogP contribution < -0.4 is 15.1 Å². The van der Waals surface area contributed by atoms with E-state index in [1.165, 1.54) is 16.2 Å². The maximum Gasteiger partial charge on any atom is 0.297 e. The molecule has 4 aromatic rings. The standard InChI is InChI=1S/C23H19N3O4S/c1-4-17-24-25-23(31-17)26-19(13-6-8-14(29-3)9-7-13)18-20(27)15-11-12(2)5-10-16(15)30-21(18)22(26)28/h5-11,19H,4H2,1-3H3/t19-/m1/s1. The lowest BCUT2D eigenvalue weighted by Crippen LogP contribution is -2.29. The van der Waals surface area contributed by atoms with Crippen molar-refractivity contribution in [3.05, 3.63) is 80.1 Å². The van der Waals surface area contributed by atoms with Gasteiger partial charge in [0.1, 0.15) is 16.3 Å². The van der Waals surface area contributed by atoms with Crippen LogP contribution in [0.1, 0.15) is 45.2 Å². The molecule has 0 bridgehead atoms. The number of aryl methyl sites for hydroxylation is 2. The zero-order valence-electron chi connectivity index (χ0n) is 17.2. The van der Waals surface area contributed by atoms with E-state index in [1.54, 1.807) is 31.4 Å². The van der Waals surface area contributed by atoms with E-state index < -0.39 is 11.9 Å². The molecular formula is C23H19N3O4S. The van der Waals surface area contributed by atoms with Crippen molar-refractivity contribution < 1.29 is 13.9 Å². The van der Waals surface area contributed by atoms with Crippen molar-refractivity contribution in [3.63, 3.8) is 0 Å². The van der Waals surface area contributed by atoms with Gasteiger partial charge in [-0.2, -0.15) is 0 Å². The van der Waals surface area contributed by atoms with Gasteiger partial charge in [-0.25, -0.2) is 0 Å². The van der Waals surface area contributed by atoms with E-state index in [2.05, 4.69) is 10.2 Å². The van der Waals surface area contributed by atoms with Gasteiger partial charge < -0.3 is 9.15 Å². The summed E-state index contributed by atoms with van der Waals surface area (Å²) in [5.74, 6) is 0.342.